The Hall–Kier alpha value is -1.97. The van der Waals surface area contributed by atoms with E-state index in [-0.39, 0.29) is 0 Å². The van der Waals surface area contributed by atoms with Gasteiger partial charge in [0.25, 0.3) is 0 Å². The van der Waals surface area contributed by atoms with Crippen LogP contribution in [-0.4, -0.2) is 55.7 Å². The first kappa shape index (κ1) is 20.3. The fourth-order valence-electron chi connectivity index (χ4n) is 2.75. The van der Waals surface area contributed by atoms with Crippen LogP contribution in [0.3, 0.4) is 0 Å². The number of benzene rings is 1. The molecule has 10 heteroatoms. The van der Waals surface area contributed by atoms with E-state index in [2.05, 4.69) is 0 Å². The second kappa shape index (κ2) is 7.73. The summed E-state index contributed by atoms with van der Waals surface area (Å²) in [5.41, 5.74) is -0.314. The summed E-state index contributed by atoms with van der Waals surface area (Å²) in [7, 11) is 0. The van der Waals surface area contributed by atoms with Crippen LogP contribution >= 0.6 is 0 Å². The van der Waals surface area contributed by atoms with Crippen molar-refractivity contribution in [2.75, 3.05) is 37.6 Å². The van der Waals surface area contributed by atoms with E-state index in [4.69, 9.17) is 0 Å². The number of hydrogen-bond donors (Lipinski definition) is 1. The molecule has 146 valence electrons. The third-order valence-electron chi connectivity index (χ3n) is 4.24. The first-order valence-electron chi connectivity index (χ1n) is 7.98. The van der Waals surface area contributed by atoms with E-state index >= 15 is 0 Å². The Morgan fingerprint density at radius 1 is 1.12 bits per heavy atom. The zero-order valence-corrected chi connectivity index (χ0v) is 14.0. The molecule has 0 radical (unpaired) electrons. The monoisotopic (exact) mass is 383 g/mol. The van der Waals surface area contributed by atoms with Gasteiger partial charge in [0.2, 0.25) is 5.91 Å². The molecule has 1 aromatic rings. The molecule has 0 saturated carbocycles. The summed E-state index contributed by atoms with van der Waals surface area (Å²) in [6.45, 7) is 1.58. The summed E-state index contributed by atoms with van der Waals surface area (Å²) in [5, 5.41) is 1.84. The van der Waals surface area contributed by atoms with Crippen LogP contribution in [0, 0.1) is 0 Å². The van der Waals surface area contributed by atoms with Crippen molar-refractivity contribution in [1.29, 1.82) is 0 Å². The molecular weight excluding hydrogens is 364 g/mol. The number of amides is 1. The predicted molar refractivity (Wildman–Crippen MR) is 83.8 cm³/mol. The highest BCUT2D eigenvalue weighted by molar-refractivity contribution is 5.81. The molecule has 1 amide bonds. The van der Waals surface area contributed by atoms with Crippen molar-refractivity contribution in [3.63, 3.8) is 0 Å². The van der Waals surface area contributed by atoms with Crippen molar-refractivity contribution < 1.29 is 31.1 Å². The summed E-state index contributed by atoms with van der Waals surface area (Å²) in [4.78, 5) is 15.3. The molecule has 0 bridgehead atoms. The number of halogens is 6. The van der Waals surface area contributed by atoms with Crippen LogP contribution in [0.1, 0.15) is 12.5 Å². The summed E-state index contributed by atoms with van der Waals surface area (Å²) >= 11 is 0. The van der Waals surface area contributed by atoms with Crippen molar-refractivity contribution in [3.8, 4) is 0 Å². The Kier molecular flexibility index (Phi) is 6.05. The molecule has 1 heterocycles. The van der Waals surface area contributed by atoms with Gasteiger partial charge in [0, 0.05) is 31.9 Å². The van der Waals surface area contributed by atoms with Crippen molar-refractivity contribution in [2.24, 2.45) is 0 Å². The van der Waals surface area contributed by atoms with Gasteiger partial charge in [-0.15, -0.1) is 0 Å². The SMILES string of the molecule is CC(C(=O)NCC(F)(F)F)N1CCN(c2cccc(C(F)(F)F)c2)CC1. The Morgan fingerprint density at radius 2 is 1.73 bits per heavy atom. The standard InChI is InChI=1S/C16H19F6N3O/c1-11(14(26)23-10-15(17,18)19)24-5-7-25(8-6-24)13-4-2-3-12(9-13)16(20,21)22/h2-4,9,11H,5-8,10H2,1H3,(H,23,26). The van der Waals surface area contributed by atoms with E-state index in [0.29, 0.717) is 31.9 Å². The largest absolute Gasteiger partial charge is 0.416 e. The number of piperazine rings is 1. The number of carbonyl (C=O) groups is 1. The zero-order chi connectivity index (χ0) is 19.5. The van der Waals surface area contributed by atoms with Gasteiger partial charge in [0.05, 0.1) is 11.6 Å². The highest BCUT2D eigenvalue weighted by Crippen LogP contribution is 2.31. The molecule has 1 N–H and O–H groups in total. The quantitative estimate of drug-likeness (QED) is 0.813. The smallest absolute Gasteiger partial charge is 0.369 e. The molecule has 1 aliphatic rings. The van der Waals surface area contributed by atoms with Gasteiger partial charge < -0.3 is 10.2 Å². The second-order valence-corrected chi connectivity index (χ2v) is 6.08. The zero-order valence-electron chi connectivity index (χ0n) is 14.0. The van der Waals surface area contributed by atoms with E-state index in [9.17, 15) is 31.1 Å². The van der Waals surface area contributed by atoms with Crippen LogP contribution in [0.15, 0.2) is 24.3 Å². The molecule has 2 rings (SSSR count). The van der Waals surface area contributed by atoms with Crippen LogP contribution in [0.25, 0.3) is 0 Å². The van der Waals surface area contributed by atoms with Crippen LogP contribution in [-0.2, 0) is 11.0 Å². The van der Waals surface area contributed by atoms with Gasteiger partial charge in [-0.3, -0.25) is 9.69 Å². The lowest BCUT2D eigenvalue weighted by Crippen LogP contribution is -2.54. The molecule has 4 nitrogen and oxygen atoms in total. The first-order chi connectivity index (χ1) is 12.0. The van der Waals surface area contributed by atoms with Gasteiger partial charge in [-0.2, -0.15) is 26.3 Å². The Balaban J connectivity index is 1.92. The molecule has 1 fully saturated rings. The Morgan fingerprint density at radius 3 is 2.27 bits per heavy atom. The highest BCUT2D eigenvalue weighted by Gasteiger charge is 2.32. The summed E-state index contributed by atoms with van der Waals surface area (Å²) in [5.74, 6) is -0.727. The van der Waals surface area contributed by atoms with Crippen molar-refractivity contribution in [1.82, 2.24) is 10.2 Å². The number of nitrogens with one attached hydrogen (secondary N) is 1. The summed E-state index contributed by atoms with van der Waals surface area (Å²) in [6, 6.07) is 4.21. The minimum Gasteiger partial charge on any atom is -0.369 e. The van der Waals surface area contributed by atoms with Crippen LogP contribution in [0.5, 0.6) is 0 Å². The van der Waals surface area contributed by atoms with Gasteiger partial charge in [-0.05, 0) is 25.1 Å². The van der Waals surface area contributed by atoms with E-state index in [0.717, 1.165) is 12.1 Å². The minimum atomic E-state index is -4.47. The summed E-state index contributed by atoms with van der Waals surface area (Å²) in [6.07, 6.45) is -8.90. The lowest BCUT2D eigenvalue weighted by atomic mass is 10.1. The topological polar surface area (TPSA) is 35.6 Å². The Labute approximate surface area is 146 Å². The van der Waals surface area contributed by atoms with Crippen molar-refractivity contribution >= 4 is 11.6 Å². The average Bonchev–Trinajstić information content (AvgIpc) is 2.58. The number of rotatable bonds is 4. The van der Waals surface area contributed by atoms with Crippen LogP contribution in [0.2, 0.25) is 0 Å². The average molecular weight is 383 g/mol. The number of nitrogens with zero attached hydrogens (tertiary/aromatic N) is 2. The van der Waals surface area contributed by atoms with Crippen molar-refractivity contribution in [2.45, 2.75) is 25.3 Å². The van der Waals surface area contributed by atoms with E-state index in [1.54, 1.807) is 15.9 Å². The predicted octanol–water partition coefficient (Wildman–Crippen LogP) is 2.89. The summed E-state index contributed by atoms with van der Waals surface area (Å²) < 4.78 is 74.9. The van der Waals surface area contributed by atoms with Gasteiger partial charge in [0.1, 0.15) is 6.54 Å². The second-order valence-electron chi connectivity index (χ2n) is 6.08. The first-order valence-corrected chi connectivity index (χ1v) is 7.98. The van der Waals surface area contributed by atoms with Gasteiger partial charge in [0.15, 0.2) is 0 Å². The molecule has 26 heavy (non-hydrogen) atoms. The molecule has 1 aliphatic heterocycles. The van der Waals surface area contributed by atoms with Crippen LogP contribution in [0.4, 0.5) is 32.0 Å². The van der Waals surface area contributed by atoms with Crippen LogP contribution < -0.4 is 10.2 Å². The molecule has 1 saturated heterocycles. The number of hydrogen-bond acceptors (Lipinski definition) is 3. The van der Waals surface area contributed by atoms with Gasteiger partial charge in [-0.1, -0.05) is 6.07 Å². The third kappa shape index (κ3) is 5.52. The van der Waals surface area contributed by atoms with E-state index in [1.807, 2.05) is 5.32 Å². The molecule has 0 aromatic heterocycles. The molecule has 0 spiro atoms. The molecule has 0 aliphatic carbocycles. The molecular formula is C16H19F6N3O. The van der Waals surface area contributed by atoms with Crippen molar-refractivity contribution in [3.05, 3.63) is 29.8 Å². The maximum absolute atomic E-state index is 12.8. The normalized spacial score (nSPS) is 17.9. The minimum absolute atomic E-state index is 0.358. The number of carbonyl (C=O) groups excluding carboxylic acids is 1. The lowest BCUT2D eigenvalue weighted by molar-refractivity contribution is -0.141. The molecule has 1 aromatic carbocycles. The maximum atomic E-state index is 12.8. The Bertz CT molecular complexity index is 623. The van der Waals surface area contributed by atoms with E-state index < -0.39 is 36.4 Å². The van der Waals surface area contributed by atoms with E-state index in [1.165, 1.54) is 13.0 Å². The maximum Gasteiger partial charge on any atom is 0.416 e. The number of alkyl halides is 6. The fraction of sp³-hybridized carbons (Fsp3) is 0.562. The molecule has 1 unspecified atom stereocenters. The highest BCUT2D eigenvalue weighted by atomic mass is 19.4. The van der Waals surface area contributed by atoms with Gasteiger partial charge >= 0.3 is 12.4 Å². The number of anilines is 1. The fourth-order valence-corrected chi connectivity index (χ4v) is 2.75. The third-order valence-corrected chi connectivity index (χ3v) is 4.24. The van der Waals surface area contributed by atoms with Gasteiger partial charge in [-0.25, -0.2) is 0 Å². The molecule has 1 atom stereocenters. The lowest BCUT2D eigenvalue weighted by Gasteiger charge is -2.38.